The van der Waals surface area contributed by atoms with E-state index in [0.29, 0.717) is 11.8 Å². The number of aryl methyl sites for hydroxylation is 1. The Bertz CT molecular complexity index is 661. The SMILES string of the molecule is CCn1c(C2C3CCC(C3)C2N)nc2cccc(Cl)c21. The molecule has 0 amide bonds. The van der Waals surface area contributed by atoms with E-state index in [0.717, 1.165) is 34.3 Å². The number of imidazole rings is 1. The average Bonchev–Trinajstić information content (AvgIpc) is 3.10. The van der Waals surface area contributed by atoms with Crippen LogP contribution in [0.4, 0.5) is 0 Å². The zero-order chi connectivity index (χ0) is 13.9. The van der Waals surface area contributed by atoms with Crippen LogP contribution in [0, 0.1) is 11.8 Å². The lowest BCUT2D eigenvalue weighted by Gasteiger charge is -2.28. The predicted octanol–water partition coefficient (Wildman–Crippen LogP) is 3.55. The van der Waals surface area contributed by atoms with E-state index in [1.165, 1.54) is 19.3 Å². The Morgan fingerprint density at radius 2 is 2.15 bits per heavy atom. The van der Waals surface area contributed by atoms with Crippen molar-refractivity contribution >= 4 is 22.6 Å². The molecule has 20 heavy (non-hydrogen) atoms. The van der Waals surface area contributed by atoms with Crippen LogP contribution in [0.3, 0.4) is 0 Å². The van der Waals surface area contributed by atoms with Crippen LogP contribution in [0.5, 0.6) is 0 Å². The topological polar surface area (TPSA) is 43.8 Å². The van der Waals surface area contributed by atoms with E-state index in [-0.39, 0.29) is 6.04 Å². The molecule has 3 nitrogen and oxygen atoms in total. The van der Waals surface area contributed by atoms with Crippen molar-refractivity contribution in [3.8, 4) is 0 Å². The fraction of sp³-hybridized carbons (Fsp3) is 0.562. The molecule has 2 aliphatic carbocycles. The average molecular weight is 290 g/mol. The van der Waals surface area contributed by atoms with E-state index in [1.807, 2.05) is 12.1 Å². The minimum atomic E-state index is 0.273. The van der Waals surface area contributed by atoms with E-state index in [2.05, 4.69) is 17.6 Å². The predicted molar refractivity (Wildman–Crippen MR) is 82.0 cm³/mol. The lowest BCUT2D eigenvalue weighted by atomic mass is 9.84. The van der Waals surface area contributed by atoms with Crippen LogP contribution < -0.4 is 5.73 Å². The quantitative estimate of drug-likeness (QED) is 0.919. The first-order valence-electron chi connectivity index (χ1n) is 7.61. The monoisotopic (exact) mass is 289 g/mol. The van der Waals surface area contributed by atoms with Gasteiger partial charge in [-0.2, -0.15) is 0 Å². The first kappa shape index (κ1) is 12.7. The first-order valence-corrected chi connectivity index (χ1v) is 7.98. The van der Waals surface area contributed by atoms with E-state index < -0.39 is 0 Å². The molecular weight excluding hydrogens is 270 g/mol. The number of rotatable bonds is 2. The van der Waals surface area contributed by atoms with E-state index in [9.17, 15) is 0 Å². The highest BCUT2D eigenvalue weighted by Gasteiger charge is 2.48. The zero-order valence-corrected chi connectivity index (χ0v) is 12.5. The number of aromatic nitrogens is 2. The van der Waals surface area contributed by atoms with Gasteiger partial charge in [0.05, 0.1) is 16.1 Å². The zero-order valence-electron chi connectivity index (χ0n) is 11.7. The summed E-state index contributed by atoms with van der Waals surface area (Å²) in [5, 5.41) is 0.792. The van der Waals surface area contributed by atoms with Crippen LogP contribution in [0.15, 0.2) is 18.2 Å². The molecule has 4 atom stereocenters. The number of nitrogens with zero attached hydrogens (tertiary/aromatic N) is 2. The lowest BCUT2D eigenvalue weighted by Crippen LogP contribution is -2.35. The highest BCUT2D eigenvalue weighted by atomic mass is 35.5. The molecule has 1 aromatic heterocycles. The fourth-order valence-corrected chi connectivity index (χ4v) is 4.72. The Morgan fingerprint density at radius 1 is 1.35 bits per heavy atom. The van der Waals surface area contributed by atoms with Gasteiger partial charge in [-0.05, 0) is 50.2 Å². The molecule has 0 saturated heterocycles. The molecule has 0 spiro atoms. The van der Waals surface area contributed by atoms with Gasteiger partial charge in [-0.15, -0.1) is 0 Å². The molecule has 2 aliphatic rings. The third kappa shape index (κ3) is 1.60. The third-order valence-electron chi connectivity index (χ3n) is 5.34. The standard InChI is InChI=1S/C16H20ClN3/c1-2-20-15-11(17)4-3-5-12(15)19-16(20)13-9-6-7-10(8-9)14(13)18/h3-5,9-10,13-14H,2,6-8,18H2,1H3. The maximum atomic E-state index is 6.49. The Hall–Kier alpha value is -1.06. The Labute approximate surface area is 124 Å². The van der Waals surface area contributed by atoms with E-state index >= 15 is 0 Å². The van der Waals surface area contributed by atoms with Gasteiger partial charge in [0.1, 0.15) is 5.82 Å². The molecule has 0 radical (unpaired) electrons. The van der Waals surface area contributed by atoms with Crippen molar-refractivity contribution < 1.29 is 0 Å². The fourth-order valence-electron chi connectivity index (χ4n) is 4.45. The van der Waals surface area contributed by atoms with Crippen LogP contribution in [-0.2, 0) is 6.54 Å². The third-order valence-corrected chi connectivity index (χ3v) is 5.65. The molecule has 2 fully saturated rings. The van der Waals surface area contributed by atoms with Gasteiger partial charge in [-0.3, -0.25) is 0 Å². The van der Waals surface area contributed by atoms with Crippen molar-refractivity contribution in [2.24, 2.45) is 17.6 Å². The minimum absolute atomic E-state index is 0.273. The van der Waals surface area contributed by atoms with Crippen molar-refractivity contribution in [3.63, 3.8) is 0 Å². The van der Waals surface area contributed by atoms with Gasteiger partial charge >= 0.3 is 0 Å². The molecular formula is C16H20ClN3. The van der Waals surface area contributed by atoms with Gasteiger partial charge < -0.3 is 10.3 Å². The van der Waals surface area contributed by atoms with Gasteiger partial charge in [0.25, 0.3) is 0 Å². The van der Waals surface area contributed by atoms with E-state index in [1.54, 1.807) is 0 Å². The number of fused-ring (bicyclic) bond motifs is 3. The second-order valence-electron chi connectivity index (χ2n) is 6.26. The first-order chi connectivity index (χ1) is 9.70. The van der Waals surface area contributed by atoms with Crippen molar-refractivity contribution in [1.82, 2.24) is 9.55 Å². The Balaban J connectivity index is 1.90. The number of halogens is 1. The Kier molecular flexibility index (Phi) is 2.83. The number of para-hydroxylation sites is 1. The molecule has 1 aromatic carbocycles. The van der Waals surface area contributed by atoms with Gasteiger partial charge in [0, 0.05) is 18.5 Å². The van der Waals surface area contributed by atoms with Crippen LogP contribution >= 0.6 is 11.6 Å². The van der Waals surface area contributed by atoms with Crippen molar-refractivity contribution in [2.45, 2.75) is 44.7 Å². The molecule has 1 heterocycles. The summed E-state index contributed by atoms with van der Waals surface area (Å²) < 4.78 is 2.28. The number of nitrogens with two attached hydrogens (primary N) is 1. The molecule has 4 rings (SSSR count). The second kappa shape index (κ2) is 4.47. The van der Waals surface area contributed by atoms with Gasteiger partial charge in [0.15, 0.2) is 0 Å². The minimum Gasteiger partial charge on any atom is -0.327 e. The Morgan fingerprint density at radius 3 is 2.85 bits per heavy atom. The number of hydrogen-bond donors (Lipinski definition) is 1. The molecule has 4 heteroatoms. The van der Waals surface area contributed by atoms with Crippen LogP contribution in [0.25, 0.3) is 11.0 Å². The summed E-state index contributed by atoms with van der Waals surface area (Å²) in [5.41, 5.74) is 8.57. The number of hydrogen-bond acceptors (Lipinski definition) is 2. The van der Waals surface area contributed by atoms with Crippen LogP contribution in [0.1, 0.15) is 37.9 Å². The molecule has 4 unspecified atom stereocenters. The highest BCUT2D eigenvalue weighted by molar-refractivity contribution is 6.35. The number of benzene rings is 1. The summed E-state index contributed by atoms with van der Waals surface area (Å²) >= 11 is 6.38. The normalized spacial score (nSPS) is 32.4. The van der Waals surface area contributed by atoms with Gasteiger partial charge in [-0.1, -0.05) is 17.7 Å². The van der Waals surface area contributed by atoms with Crippen LogP contribution in [0.2, 0.25) is 5.02 Å². The lowest BCUT2D eigenvalue weighted by molar-refractivity contribution is 0.347. The summed E-state index contributed by atoms with van der Waals surface area (Å²) in [4.78, 5) is 4.89. The highest BCUT2D eigenvalue weighted by Crippen LogP contribution is 2.52. The van der Waals surface area contributed by atoms with Crippen LogP contribution in [-0.4, -0.2) is 15.6 Å². The summed E-state index contributed by atoms with van der Waals surface area (Å²) in [6, 6.07) is 6.25. The van der Waals surface area contributed by atoms with Crippen molar-refractivity contribution in [3.05, 3.63) is 29.0 Å². The molecule has 2 bridgehead atoms. The molecule has 2 N–H and O–H groups in total. The van der Waals surface area contributed by atoms with Crippen molar-refractivity contribution in [2.75, 3.05) is 0 Å². The molecule has 2 aromatic rings. The molecule has 0 aliphatic heterocycles. The van der Waals surface area contributed by atoms with E-state index in [4.69, 9.17) is 22.3 Å². The smallest absolute Gasteiger partial charge is 0.114 e. The maximum absolute atomic E-state index is 6.49. The van der Waals surface area contributed by atoms with Gasteiger partial charge in [0.2, 0.25) is 0 Å². The van der Waals surface area contributed by atoms with Crippen molar-refractivity contribution in [1.29, 1.82) is 0 Å². The molecule has 106 valence electrons. The second-order valence-corrected chi connectivity index (χ2v) is 6.67. The summed E-state index contributed by atoms with van der Waals surface area (Å²) in [6.07, 6.45) is 3.89. The summed E-state index contributed by atoms with van der Waals surface area (Å²) in [7, 11) is 0. The maximum Gasteiger partial charge on any atom is 0.114 e. The van der Waals surface area contributed by atoms with Gasteiger partial charge in [-0.25, -0.2) is 4.98 Å². The molecule has 2 saturated carbocycles. The summed E-state index contributed by atoms with van der Waals surface area (Å²) in [6.45, 7) is 3.06. The largest absolute Gasteiger partial charge is 0.327 e. The summed E-state index contributed by atoms with van der Waals surface area (Å²) in [5.74, 6) is 2.99.